The van der Waals surface area contributed by atoms with Crippen LogP contribution in [0.2, 0.25) is 0 Å². The fraction of sp³-hybridized carbons (Fsp3) is 0.189. The Balaban J connectivity index is 1.15. The van der Waals surface area contributed by atoms with Crippen molar-refractivity contribution in [1.82, 2.24) is 19.1 Å². The van der Waals surface area contributed by atoms with E-state index in [1.165, 1.54) is 133 Å². The van der Waals surface area contributed by atoms with Crippen LogP contribution in [0.25, 0.3) is 78.0 Å². The van der Waals surface area contributed by atoms with E-state index in [2.05, 4.69) is 170 Å². The Morgan fingerprint density at radius 2 is 1.14 bits per heavy atom. The molecule has 0 amide bonds. The molecule has 1 N–H and O–H groups in total. The number of H-pyrrole nitrogens is 1. The zero-order valence-corrected chi connectivity index (χ0v) is 33.6. The third-order valence-electron chi connectivity index (χ3n) is 13.4. The summed E-state index contributed by atoms with van der Waals surface area (Å²) in [6, 6.07) is 33.0. The molecule has 0 aliphatic heterocycles. The van der Waals surface area contributed by atoms with Crippen molar-refractivity contribution in [2.24, 2.45) is 0 Å². The second-order valence-electron chi connectivity index (χ2n) is 16.8. The van der Waals surface area contributed by atoms with E-state index < -0.39 is 0 Å². The summed E-state index contributed by atoms with van der Waals surface area (Å²) in [5, 5.41) is 3.95. The molecule has 0 saturated carbocycles. The van der Waals surface area contributed by atoms with Crippen LogP contribution in [-0.2, 0) is 19.3 Å². The first-order valence-electron chi connectivity index (χ1n) is 20.4. The molecule has 4 nitrogen and oxygen atoms in total. The summed E-state index contributed by atoms with van der Waals surface area (Å²) in [6.45, 7) is 13.2. The van der Waals surface area contributed by atoms with E-state index in [1.807, 2.05) is 6.20 Å². The Morgan fingerprint density at radius 3 is 1.84 bits per heavy atom. The number of allylic oxidation sites excluding steroid dienone is 1. The summed E-state index contributed by atoms with van der Waals surface area (Å²) >= 11 is 0. The molecule has 278 valence electrons. The molecule has 11 rings (SSSR count). The number of nitrogens with zero attached hydrogens (tertiary/aromatic N) is 3. The summed E-state index contributed by atoms with van der Waals surface area (Å²) in [7, 11) is 0. The average Bonchev–Trinajstić information content (AvgIpc) is 3.88. The molecule has 57 heavy (non-hydrogen) atoms. The first kappa shape index (κ1) is 33.9. The fourth-order valence-electron chi connectivity index (χ4n) is 9.83. The van der Waals surface area contributed by atoms with Crippen molar-refractivity contribution in [3.8, 4) is 33.6 Å². The number of pyridine rings is 1. The number of hydrogen-bond acceptors (Lipinski definition) is 1. The minimum atomic E-state index is 0.985. The number of aromatic nitrogens is 4. The monoisotopic (exact) mass is 738 g/mol. The quantitative estimate of drug-likeness (QED) is 0.192. The van der Waals surface area contributed by atoms with Gasteiger partial charge in [-0.05, 0) is 194 Å². The van der Waals surface area contributed by atoms with Crippen molar-refractivity contribution in [3.05, 3.63) is 171 Å². The summed E-state index contributed by atoms with van der Waals surface area (Å²) in [4.78, 5) is 8.05. The maximum atomic E-state index is 4.65. The number of aryl methyl sites for hydroxylation is 8. The summed E-state index contributed by atoms with van der Waals surface area (Å²) in [5.74, 6) is 0. The van der Waals surface area contributed by atoms with Crippen molar-refractivity contribution >= 4 is 44.4 Å². The van der Waals surface area contributed by atoms with Gasteiger partial charge in [0.05, 0.1) is 34.1 Å². The van der Waals surface area contributed by atoms with E-state index in [4.69, 9.17) is 0 Å². The third-order valence-corrected chi connectivity index (χ3v) is 13.4. The van der Waals surface area contributed by atoms with Gasteiger partial charge < -0.3 is 14.1 Å². The molecular weight excluding hydrogens is 693 g/mol. The van der Waals surface area contributed by atoms with E-state index in [9.17, 15) is 0 Å². The standard InChI is InChI=1S/C53H46N4/c1-30-7-9-36(19-33(30)4)38-13-15-48-44(21-38)46-23-40-11-12-41-24-47-45-22-39(37-10-8-31(2)34(5)20-37)14-16-49(45)57(53-29-55-27-35(53)6)51(47)26-43(41)42(40)25-50(46)56(48)52-28-54-18-17-32(52)3/h7-10,14,16-29,55H,11-13,15H2,1-6H3. The zero-order valence-electron chi connectivity index (χ0n) is 33.6. The number of benzene rings is 5. The summed E-state index contributed by atoms with van der Waals surface area (Å²) in [5.41, 5.74) is 27.5. The number of fused-ring (bicyclic) bond motifs is 9. The van der Waals surface area contributed by atoms with Gasteiger partial charge in [0.25, 0.3) is 0 Å². The van der Waals surface area contributed by atoms with Gasteiger partial charge in [0.2, 0.25) is 0 Å². The molecule has 0 atom stereocenters. The second kappa shape index (κ2) is 12.6. The lowest BCUT2D eigenvalue weighted by Gasteiger charge is -2.22. The van der Waals surface area contributed by atoms with Gasteiger partial charge in [0, 0.05) is 46.0 Å². The largest absolute Gasteiger partial charge is 0.366 e. The maximum absolute atomic E-state index is 4.65. The lowest BCUT2D eigenvalue weighted by molar-refractivity contribution is 0.889. The number of rotatable bonds is 4. The lowest BCUT2D eigenvalue weighted by Crippen LogP contribution is -2.07. The van der Waals surface area contributed by atoms with Crippen molar-refractivity contribution in [2.75, 3.05) is 0 Å². The maximum Gasteiger partial charge on any atom is 0.0671 e. The fourth-order valence-corrected chi connectivity index (χ4v) is 9.83. The van der Waals surface area contributed by atoms with Gasteiger partial charge in [0.15, 0.2) is 0 Å². The molecule has 0 spiro atoms. The van der Waals surface area contributed by atoms with Crippen LogP contribution in [0, 0.1) is 41.5 Å². The van der Waals surface area contributed by atoms with Crippen LogP contribution in [-0.4, -0.2) is 19.1 Å². The molecule has 2 aliphatic carbocycles. The van der Waals surface area contributed by atoms with Gasteiger partial charge in [-0.15, -0.1) is 0 Å². The molecule has 4 aromatic heterocycles. The summed E-state index contributed by atoms with van der Waals surface area (Å²) < 4.78 is 5.01. The van der Waals surface area contributed by atoms with E-state index in [-0.39, 0.29) is 0 Å². The topological polar surface area (TPSA) is 38.5 Å². The average molecular weight is 739 g/mol. The van der Waals surface area contributed by atoms with E-state index in [0.717, 1.165) is 25.7 Å². The third kappa shape index (κ3) is 5.16. The highest BCUT2D eigenvalue weighted by molar-refractivity contribution is 6.12. The predicted molar refractivity (Wildman–Crippen MR) is 239 cm³/mol. The summed E-state index contributed by atoms with van der Waals surface area (Å²) in [6.07, 6.45) is 14.8. The van der Waals surface area contributed by atoms with Gasteiger partial charge in [-0.3, -0.25) is 4.98 Å². The smallest absolute Gasteiger partial charge is 0.0671 e. The first-order chi connectivity index (χ1) is 27.7. The predicted octanol–water partition coefficient (Wildman–Crippen LogP) is 13.2. The minimum absolute atomic E-state index is 0.985. The van der Waals surface area contributed by atoms with Crippen LogP contribution < -0.4 is 0 Å². The van der Waals surface area contributed by atoms with Crippen LogP contribution in [0.5, 0.6) is 0 Å². The highest BCUT2D eigenvalue weighted by atomic mass is 15.0. The Morgan fingerprint density at radius 1 is 0.491 bits per heavy atom. The molecule has 2 aliphatic rings. The molecule has 4 heteroatoms. The highest BCUT2D eigenvalue weighted by Crippen LogP contribution is 2.46. The molecular formula is C53H46N4. The zero-order chi connectivity index (χ0) is 38.7. The van der Waals surface area contributed by atoms with E-state index >= 15 is 0 Å². The van der Waals surface area contributed by atoms with Crippen LogP contribution >= 0.6 is 0 Å². The van der Waals surface area contributed by atoms with Gasteiger partial charge in [-0.25, -0.2) is 0 Å². The molecule has 0 fully saturated rings. The van der Waals surface area contributed by atoms with Crippen LogP contribution in [0.3, 0.4) is 0 Å². The number of hydrogen-bond donors (Lipinski definition) is 1. The van der Waals surface area contributed by atoms with Crippen molar-refractivity contribution in [3.63, 3.8) is 0 Å². The molecule has 0 radical (unpaired) electrons. The molecule has 0 unspecified atom stereocenters. The number of nitrogens with one attached hydrogen (secondary N) is 1. The van der Waals surface area contributed by atoms with E-state index in [1.54, 1.807) is 0 Å². The van der Waals surface area contributed by atoms with Gasteiger partial charge >= 0.3 is 0 Å². The Labute approximate surface area is 334 Å². The Kier molecular flexibility index (Phi) is 7.47. The van der Waals surface area contributed by atoms with Crippen LogP contribution in [0.15, 0.2) is 110 Å². The SMILES string of the molecule is Cc1ccc(C2=Cc3c(n(-c4cnccc4C)c4cc5c(cc34)CCc3cc4c6cc(-c7ccc(C)c(C)c7)ccc6n(-c6c[nH]cc6C)c4cc3-5)CC2)cc1C. The second-order valence-corrected chi connectivity index (χ2v) is 16.8. The Bertz CT molecular complexity index is 3190. The van der Waals surface area contributed by atoms with Gasteiger partial charge in [-0.1, -0.05) is 42.5 Å². The van der Waals surface area contributed by atoms with Gasteiger partial charge in [0.1, 0.15) is 0 Å². The van der Waals surface area contributed by atoms with Crippen molar-refractivity contribution in [2.45, 2.75) is 67.2 Å². The molecule has 0 bridgehead atoms. The van der Waals surface area contributed by atoms with Crippen molar-refractivity contribution in [1.29, 1.82) is 0 Å². The van der Waals surface area contributed by atoms with E-state index in [0.29, 0.717) is 0 Å². The molecule has 0 saturated heterocycles. The van der Waals surface area contributed by atoms with Crippen molar-refractivity contribution < 1.29 is 0 Å². The Hall–Kier alpha value is -6.39. The molecule has 9 aromatic rings. The normalized spacial score (nSPS) is 13.6. The molecule has 5 aromatic carbocycles. The number of aromatic amines is 1. The lowest BCUT2D eigenvalue weighted by atomic mass is 9.83. The van der Waals surface area contributed by atoms with Gasteiger partial charge in [-0.2, -0.15) is 0 Å². The van der Waals surface area contributed by atoms with Crippen LogP contribution in [0.1, 0.15) is 67.7 Å². The first-order valence-corrected chi connectivity index (χ1v) is 20.4. The molecule has 4 heterocycles. The highest BCUT2D eigenvalue weighted by Gasteiger charge is 2.27. The van der Waals surface area contributed by atoms with Crippen LogP contribution in [0.4, 0.5) is 0 Å². The minimum Gasteiger partial charge on any atom is -0.366 e.